The van der Waals surface area contributed by atoms with Crippen molar-refractivity contribution in [1.29, 1.82) is 0 Å². The molecule has 30 heavy (non-hydrogen) atoms. The van der Waals surface area contributed by atoms with E-state index in [1.165, 1.54) is 19.2 Å². The number of hydrogen-bond acceptors (Lipinski definition) is 7. The Morgan fingerprint density at radius 2 is 2.00 bits per heavy atom. The zero-order chi connectivity index (χ0) is 21.5. The Hall–Kier alpha value is -2.82. The Labute approximate surface area is 177 Å². The van der Waals surface area contributed by atoms with Gasteiger partial charge in [-0.2, -0.15) is 9.29 Å². The average molecular weight is 445 g/mol. The maximum Gasteiger partial charge on any atom is 0.308 e. The van der Waals surface area contributed by atoms with Crippen LogP contribution in [0, 0.1) is 6.92 Å². The molecule has 0 bridgehead atoms. The van der Waals surface area contributed by atoms with Gasteiger partial charge in [-0.3, -0.25) is 9.36 Å². The second-order valence-corrected chi connectivity index (χ2v) is 9.92. The van der Waals surface area contributed by atoms with Crippen molar-refractivity contribution in [1.82, 2.24) is 19.0 Å². The zero-order valence-electron chi connectivity index (χ0n) is 16.7. The fourth-order valence-electron chi connectivity index (χ4n) is 3.18. The summed E-state index contributed by atoms with van der Waals surface area (Å²) in [5.74, 6) is 0.604. The predicted molar refractivity (Wildman–Crippen MR) is 115 cm³/mol. The highest BCUT2D eigenvalue weighted by Crippen LogP contribution is 2.25. The van der Waals surface area contributed by atoms with Gasteiger partial charge in [0.2, 0.25) is 21.7 Å². The van der Waals surface area contributed by atoms with Crippen LogP contribution >= 0.6 is 11.3 Å². The number of thiazole rings is 1. The Bertz CT molecular complexity index is 1390. The fraction of sp³-hybridized carbons (Fsp3) is 0.250. The Morgan fingerprint density at radius 1 is 1.20 bits per heavy atom. The quantitative estimate of drug-likeness (QED) is 0.453. The van der Waals surface area contributed by atoms with Crippen LogP contribution < -0.4 is 4.87 Å². The standard InChI is InChI=1S/C20H20N4O4S2/c1-4-24-16-9-8-15(11-17(16)29-20(24)25)30(26,27)23(3)12-18-21-19(22-28-18)14-7-5-6-13(2)10-14/h5-11H,4,12H2,1-3H3. The minimum absolute atomic E-state index is 0.0641. The number of sulfonamides is 1. The summed E-state index contributed by atoms with van der Waals surface area (Å²) in [6.07, 6.45) is 0. The van der Waals surface area contributed by atoms with Crippen molar-refractivity contribution in [3.8, 4) is 11.4 Å². The molecule has 0 radical (unpaired) electrons. The molecule has 0 unspecified atom stereocenters. The third kappa shape index (κ3) is 3.69. The minimum Gasteiger partial charge on any atom is -0.338 e. The van der Waals surface area contributed by atoms with Gasteiger partial charge in [0, 0.05) is 19.2 Å². The molecular weight excluding hydrogens is 424 g/mol. The maximum atomic E-state index is 13.0. The Balaban J connectivity index is 1.59. The molecular formula is C20H20N4O4S2. The lowest BCUT2D eigenvalue weighted by atomic mass is 10.1. The summed E-state index contributed by atoms with van der Waals surface area (Å²) < 4.78 is 34.7. The molecule has 0 amide bonds. The third-order valence-corrected chi connectivity index (χ3v) is 7.51. The second kappa shape index (κ2) is 7.78. The number of rotatable bonds is 6. The van der Waals surface area contributed by atoms with Crippen molar-refractivity contribution in [2.75, 3.05) is 7.05 Å². The highest BCUT2D eigenvalue weighted by Gasteiger charge is 2.24. The molecule has 0 spiro atoms. The van der Waals surface area contributed by atoms with E-state index in [0.717, 1.165) is 32.3 Å². The van der Waals surface area contributed by atoms with Gasteiger partial charge in [0.25, 0.3) is 0 Å². The first-order valence-electron chi connectivity index (χ1n) is 9.29. The number of benzene rings is 2. The molecule has 2 heterocycles. The highest BCUT2D eigenvalue weighted by molar-refractivity contribution is 7.89. The largest absolute Gasteiger partial charge is 0.338 e. The molecule has 0 N–H and O–H groups in total. The molecule has 0 saturated heterocycles. The van der Waals surface area contributed by atoms with Crippen molar-refractivity contribution in [2.45, 2.75) is 31.8 Å². The third-order valence-electron chi connectivity index (χ3n) is 4.77. The summed E-state index contributed by atoms with van der Waals surface area (Å²) in [7, 11) is -2.35. The van der Waals surface area contributed by atoms with Gasteiger partial charge in [0.05, 0.1) is 21.7 Å². The van der Waals surface area contributed by atoms with Crippen molar-refractivity contribution < 1.29 is 12.9 Å². The number of aryl methyl sites for hydroxylation is 2. The summed E-state index contributed by atoms with van der Waals surface area (Å²) in [5.41, 5.74) is 2.60. The summed E-state index contributed by atoms with van der Waals surface area (Å²) in [4.78, 5) is 16.4. The van der Waals surface area contributed by atoms with Gasteiger partial charge in [-0.15, -0.1) is 0 Å². The van der Waals surface area contributed by atoms with Gasteiger partial charge >= 0.3 is 4.87 Å². The van der Waals surface area contributed by atoms with Crippen molar-refractivity contribution >= 4 is 31.6 Å². The SMILES string of the molecule is CCn1c(=O)sc2cc(S(=O)(=O)N(C)Cc3nc(-c4cccc(C)c4)no3)ccc21. The summed E-state index contributed by atoms with van der Waals surface area (Å²) in [6, 6.07) is 12.4. The van der Waals surface area contributed by atoms with E-state index in [4.69, 9.17) is 4.52 Å². The van der Waals surface area contributed by atoms with Crippen LogP contribution in [0.5, 0.6) is 0 Å². The van der Waals surface area contributed by atoms with E-state index in [-0.39, 0.29) is 22.2 Å². The van der Waals surface area contributed by atoms with Crippen LogP contribution in [0.1, 0.15) is 18.4 Å². The fourth-order valence-corrected chi connectivity index (χ4v) is 5.40. The molecule has 2 aromatic carbocycles. The lowest BCUT2D eigenvalue weighted by molar-refractivity contribution is 0.337. The van der Waals surface area contributed by atoms with E-state index in [9.17, 15) is 13.2 Å². The molecule has 0 aliphatic heterocycles. The van der Waals surface area contributed by atoms with Crippen LogP contribution in [0.4, 0.5) is 0 Å². The van der Waals surface area contributed by atoms with Crippen LogP contribution in [0.25, 0.3) is 21.6 Å². The molecule has 0 aliphatic carbocycles. The van der Waals surface area contributed by atoms with Gasteiger partial charge in [-0.25, -0.2) is 8.42 Å². The van der Waals surface area contributed by atoms with Crippen LogP contribution in [-0.2, 0) is 23.1 Å². The topological polar surface area (TPSA) is 98.3 Å². The smallest absolute Gasteiger partial charge is 0.308 e. The first-order chi connectivity index (χ1) is 14.3. The molecule has 0 aliphatic rings. The molecule has 0 atom stereocenters. The van der Waals surface area contributed by atoms with E-state index >= 15 is 0 Å². The predicted octanol–water partition coefficient (Wildman–Crippen LogP) is 3.26. The van der Waals surface area contributed by atoms with Gasteiger partial charge < -0.3 is 4.52 Å². The van der Waals surface area contributed by atoms with Crippen LogP contribution in [-0.4, -0.2) is 34.5 Å². The maximum absolute atomic E-state index is 13.0. The zero-order valence-corrected chi connectivity index (χ0v) is 18.3. The van der Waals surface area contributed by atoms with E-state index < -0.39 is 10.0 Å². The molecule has 2 aromatic heterocycles. The summed E-state index contributed by atoms with van der Waals surface area (Å²) >= 11 is 1.03. The number of nitrogens with zero attached hydrogens (tertiary/aromatic N) is 4. The van der Waals surface area contributed by atoms with Gasteiger partial charge in [-0.1, -0.05) is 40.3 Å². The van der Waals surface area contributed by atoms with E-state index in [0.29, 0.717) is 17.1 Å². The lowest BCUT2D eigenvalue weighted by Gasteiger charge is -2.15. The number of fused-ring (bicyclic) bond motifs is 1. The van der Waals surface area contributed by atoms with Crippen molar-refractivity contribution in [3.05, 3.63) is 63.6 Å². The van der Waals surface area contributed by atoms with E-state index in [1.807, 2.05) is 38.1 Å². The number of aromatic nitrogens is 3. The molecule has 10 heteroatoms. The first-order valence-corrected chi connectivity index (χ1v) is 11.5. The minimum atomic E-state index is -3.80. The summed E-state index contributed by atoms with van der Waals surface area (Å²) in [6.45, 7) is 4.31. The molecule has 0 fully saturated rings. The van der Waals surface area contributed by atoms with Crippen LogP contribution in [0.3, 0.4) is 0 Å². The van der Waals surface area contributed by atoms with Crippen molar-refractivity contribution in [3.63, 3.8) is 0 Å². The second-order valence-electron chi connectivity index (χ2n) is 6.88. The molecule has 8 nitrogen and oxygen atoms in total. The molecule has 156 valence electrons. The van der Waals surface area contributed by atoms with Crippen LogP contribution in [0.2, 0.25) is 0 Å². The van der Waals surface area contributed by atoms with Gasteiger partial charge in [-0.05, 0) is 38.1 Å². The Kier molecular flexibility index (Phi) is 5.31. The molecule has 0 saturated carbocycles. The average Bonchev–Trinajstić information content (AvgIpc) is 3.30. The lowest BCUT2D eigenvalue weighted by Crippen LogP contribution is -2.26. The van der Waals surface area contributed by atoms with Gasteiger partial charge in [0.1, 0.15) is 0 Å². The monoisotopic (exact) mass is 444 g/mol. The van der Waals surface area contributed by atoms with Crippen LogP contribution in [0.15, 0.2) is 56.7 Å². The normalized spacial score (nSPS) is 12.1. The van der Waals surface area contributed by atoms with Crippen molar-refractivity contribution in [2.24, 2.45) is 0 Å². The van der Waals surface area contributed by atoms with Gasteiger partial charge in [0.15, 0.2) is 0 Å². The summed E-state index contributed by atoms with van der Waals surface area (Å²) in [5, 5.41) is 3.95. The van der Waals surface area contributed by atoms with E-state index in [1.54, 1.807) is 10.6 Å². The number of hydrogen-bond donors (Lipinski definition) is 0. The van der Waals surface area contributed by atoms with E-state index in [2.05, 4.69) is 10.1 Å². The molecule has 4 aromatic rings. The molecule has 4 rings (SSSR count). The highest BCUT2D eigenvalue weighted by atomic mass is 32.2. The Morgan fingerprint density at radius 3 is 2.73 bits per heavy atom. The first kappa shape index (κ1) is 20.5.